The van der Waals surface area contributed by atoms with Crippen LogP contribution in [0.25, 0.3) is 0 Å². The van der Waals surface area contributed by atoms with Gasteiger partial charge in [-0.1, -0.05) is 50.8 Å². The van der Waals surface area contributed by atoms with Gasteiger partial charge in [0.15, 0.2) is 0 Å². The van der Waals surface area contributed by atoms with Gasteiger partial charge in [0.2, 0.25) is 0 Å². The van der Waals surface area contributed by atoms with E-state index in [0.29, 0.717) is 6.42 Å². The highest BCUT2D eigenvalue weighted by Gasteiger charge is 2.45. The largest absolute Gasteiger partial charge is 0.469 e. The van der Waals surface area contributed by atoms with Gasteiger partial charge >= 0.3 is 5.97 Å². The molecule has 2 aliphatic carbocycles. The maximum absolute atomic E-state index is 10.8. The standard InChI is InChI=1S/C19H27NOS.C8H16O2/c21-17(19(9-3-10-19)18-6-2-11-22-18)5-1-4-14-7-8-15(12-14)16-13-20-16;1-3-4-5-6-7-8(9)10-2/h1-2,4,6,11,14-17,20-21H,3,5,7-10,12-13H2;3-7H2,1-2H3/b4-1+;/t14-,15?,16?,17?;/m0./s1. The molecule has 2 N–H and O–H groups in total. The number of unbranched alkanes of at least 4 members (excludes halogenated alkanes) is 3. The van der Waals surface area contributed by atoms with Crippen LogP contribution in [0, 0.1) is 11.8 Å². The number of ether oxygens (including phenoxy) is 1. The van der Waals surface area contributed by atoms with Gasteiger partial charge in [0, 0.05) is 29.3 Å². The number of methoxy groups -OCH3 is 1. The summed E-state index contributed by atoms with van der Waals surface area (Å²) in [6, 6.07) is 5.15. The summed E-state index contributed by atoms with van der Waals surface area (Å²) in [6.07, 6.45) is 18.0. The fourth-order valence-electron chi connectivity index (χ4n) is 5.28. The Labute approximate surface area is 198 Å². The van der Waals surface area contributed by atoms with Gasteiger partial charge in [0.1, 0.15) is 0 Å². The molecule has 4 atom stereocenters. The van der Waals surface area contributed by atoms with E-state index >= 15 is 0 Å². The van der Waals surface area contributed by atoms with Crippen molar-refractivity contribution >= 4 is 17.3 Å². The number of allylic oxidation sites excluding steroid dienone is 1. The molecule has 0 amide bonds. The van der Waals surface area contributed by atoms with Gasteiger partial charge in [-0.2, -0.15) is 0 Å². The van der Waals surface area contributed by atoms with Gasteiger partial charge in [-0.25, -0.2) is 0 Å². The molecule has 0 radical (unpaired) electrons. The zero-order valence-corrected chi connectivity index (χ0v) is 20.9. The van der Waals surface area contributed by atoms with Crippen molar-refractivity contribution in [2.45, 2.75) is 102 Å². The summed E-state index contributed by atoms with van der Waals surface area (Å²) in [5.74, 6) is 1.57. The second-order valence-corrected chi connectivity index (χ2v) is 10.8. The second-order valence-electron chi connectivity index (χ2n) is 9.90. The molecule has 4 rings (SSSR count). The number of aliphatic hydroxyl groups is 1. The minimum atomic E-state index is -0.210. The first-order valence-electron chi connectivity index (χ1n) is 12.8. The molecule has 1 aromatic heterocycles. The molecule has 2 saturated carbocycles. The molecule has 3 unspecified atom stereocenters. The van der Waals surface area contributed by atoms with Crippen LogP contribution in [0.5, 0.6) is 0 Å². The maximum Gasteiger partial charge on any atom is 0.305 e. The van der Waals surface area contributed by atoms with Crippen LogP contribution < -0.4 is 5.32 Å². The van der Waals surface area contributed by atoms with Gasteiger partial charge in [-0.05, 0) is 68.2 Å². The van der Waals surface area contributed by atoms with E-state index in [4.69, 9.17) is 0 Å². The summed E-state index contributed by atoms with van der Waals surface area (Å²) in [5, 5.41) is 16.4. The number of hydrogen-bond donors (Lipinski definition) is 2. The number of carbonyl (C=O) groups is 1. The van der Waals surface area contributed by atoms with Crippen molar-refractivity contribution in [3.05, 3.63) is 34.5 Å². The van der Waals surface area contributed by atoms with Crippen LogP contribution in [0.4, 0.5) is 0 Å². The smallest absolute Gasteiger partial charge is 0.305 e. The molecular formula is C27H43NO3S. The van der Waals surface area contributed by atoms with E-state index < -0.39 is 0 Å². The Morgan fingerprint density at radius 2 is 2.16 bits per heavy atom. The van der Waals surface area contributed by atoms with Gasteiger partial charge in [-0.3, -0.25) is 4.79 Å². The lowest BCUT2D eigenvalue weighted by Crippen LogP contribution is -2.44. The molecule has 0 bridgehead atoms. The third kappa shape index (κ3) is 7.16. The number of rotatable bonds is 11. The van der Waals surface area contributed by atoms with Gasteiger partial charge in [-0.15, -0.1) is 11.3 Å². The first kappa shape index (κ1) is 25.5. The van der Waals surface area contributed by atoms with Crippen molar-refractivity contribution in [1.29, 1.82) is 0 Å². The van der Waals surface area contributed by atoms with Crippen LogP contribution in [0.2, 0.25) is 0 Å². The van der Waals surface area contributed by atoms with Gasteiger partial charge < -0.3 is 15.2 Å². The Morgan fingerprint density at radius 3 is 2.75 bits per heavy atom. The molecule has 5 heteroatoms. The Kier molecular flexibility index (Phi) is 10.3. The molecule has 2 heterocycles. The average molecular weight is 462 g/mol. The van der Waals surface area contributed by atoms with Crippen LogP contribution in [-0.2, 0) is 14.9 Å². The monoisotopic (exact) mass is 461 g/mol. The summed E-state index contributed by atoms with van der Waals surface area (Å²) in [6.45, 7) is 3.39. The van der Waals surface area contributed by atoms with Crippen molar-refractivity contribution in [3.8, 4) is 0 Å². The highest BCUT2D eigenvalue weighted by atomic mass is 32.1. The molecule has 1 aliphatic heterocycles. The first-order chi connectivity index (χ1) is 15.6. The fourth-order valence-corrected chi connectivity index (χ4v) is 6.32. The Hall–Kier alpha value is -1.17. The van der Waals surface area contributed by atoms with E-state index in [-0.39, 0.29) is 17.5 Å². The lowest BCUT2D eigenvalue weighted by molar-refractivity contribution is -0.140. The number of hydrogen-bond acceptors (Lipinski definition) is 5. The second kappa shape index (κ2) is 12.9. The number of aliphatic hydroxyl groups excluding tert-OH is 1. The summed E-state index contributed by atoms with van der Waals surface area (Å²) < 4.78 is 4.49. The van der Waals surface area contributed by atoms with E-state index in [1.54, 1.807) is 0 Å². The minimum absolute atomic E-state index is 0.0641. The SMILES string of the molecule is CCCCCCC(=O)OC.OC(C/C=C/[C@H]1CCC(C2CN2)C1)C1(c2cccs2)CCC1. The predicted octanol–water partition coefficient (Wildman–Crippen LogP) is 5.99. The number of nitrogens with one attached hydrogen (secondary N) is 1. The normalized spacial score (nSPS) is 26.8. The van der Waals surface area contributed by atoms with Crippen molar-refractivity contribution in [1.82, 2.24) is 5.32 Å². The summed E-state index contributed by atoms with van der Waals surface area (Å²) >= 11 is 1.81. The summed E-state index contributed by atoms with van der Waals surface area (Å²) in [4.78, 5) is 11.9. The third-order valence-electron chi connectivity index (χ3n) is 7.65. The third-order valence-corrected chi connectivity index (χ3v) is 8.74. The highest BCUT2D eigenvalue weighted by molar-refractivity contribution is 7.10. The minimum Gasteiger partial charge on any atom is -0.469 e. The van der Waals surface area contributed by atoms with Gasteiger partial charge in [0.25, 0.3) is 0 Å². The topological polar surface area (TPSA) is 68.5 Å². The molecule has 1 aromatic rings. The first-order valence-corrected chi connectivity index (χ1v) is 13.7. The molecule has 3 fully saturated rings. The Bertz CT molecular complexity index is 694. The summed E-state index contributed by atoms with van der Waals surface area (Å²) in [5.41, 5.74) is 0.0641. The molecule has 0 spiro atoms. The van der Waals surface area contributed by atoms with Crippen molar-refractivity contribution < 1.29 is 14.6 Å². The molecular weight excluding hydrogens is 418 g/mol. The predicted molar refractivity (Wildman–Crippen MR) is 133 cm³/mol. The quantitative estimate of drug-likeness (QED) is 0.184. The Morgan fingerprint density at radius 1 is 1.34 bits per heavy atom. The van der Waals surface area contributed by atoms with Crippen LogP contribution in [-0.4, -0.2) is 36.9 Å². The van der Waals surface area contributed by atoms with E-state index in [2.05, 4.69) is 46.6 Å². The van der Waals surface area contributed by atoms with Crippen LogP contribution in [0.15, 0.2) is 29.7 Å². The molecule has 32 heavy (non-hydrogen) atoms. The van der Waals surface area contributed by atoms with Crippen molar-refractivity contribution in [2.75, 3.05) is 13.7 Å². The summed E-state index contributed by atoms with van der Waals surface area (Å²) in [7, 11) is 1.43. The Balaban J connectivity index is 0.000000247. The van der Waals surface area contributed by atoms with E-state index in [9.17, 15) is 9.90 Å². The molecule has 180 valence electrons. The van der Waals surface area contributed by atoms with Crippen LogP contribution >= 0.6 is 11.3 Å². The number of esters is 1. The van der Waals surface area contributed by atoms with Crippen LogP contribution in [0.1, 0.15) is 88.9 Å². The molecule has 1 saturated heterocycles. The average Bonchev–Trinajstić information content (AvgIpc) is 3.26. The number of carbonyl (C=O) groups excluding carboxylic acids is 1. The van der Waals surface area contributed by atoms with Gasteiger partial charge in [0.05, 0.1) is 13.2 Å². The van der Waals surface area contributed by atoms with E-state index in [1.807, 2.05) is 11.3 Å². The number of thiophene rings is 1. The lowest BCUT2D eigenvalue weighted by Gasteiger charge is -2.44. The fraction of sp³-hybridized carbons (Fsp3) is 0.741. The van der Waals surface area contributed by atoms with Crippen molar-refractivity contribution in [2.24, 2.45) is 11.8 Å². The highest BCUT2D eigenvalue weighted by Crippen LogP contribution is 2.49. The zero-order chi connectivity index (χ0) is 22.8. The molecule has 3 aliphatic rings. The van der Waals surface area contributed by atoms with E-state index in [0.717, 1.165) is 50.0 Å². The molecule has 4 nitrogen and oxygen atoms in total. The van der Waals surface area contributed by atoms with E-state index in [1.165, 1.54) is 57.1 Å². The van der Waals surface area contributed by atoms with Crippen LogP contribution in [0.3, 0.4) is 0 Å². The molecule has 0 aromatic carbocycles. The lowest BCUT2D eigenvalue weighted by atomic mass is 9.63. The zero-order valence-electron chi connectivity index (χ0n) is 20.1. The maximum atomic E-state index is 10.8. The van der Waals surface area contributed by atoms with Crippen molar-refractivity contribution in [3.63, 3.8) is 0 Å².